The summed E-state index contributed by atoms with van der Waals surface area (Å²) < 4.78 is 7.80. The number of aliphatic hydroxyl groups excluding tert-OH is 1. The van der Waals surface area contributed by atoms with Gasteiger partial charge in [0.2, 0.25) is 0 Å². The number of unbranched alkanes of at least 4 members (excludes halogenated alkanes) is 1. The van der Waals surface area contributed by atoms with E-state index in [1.165, 1.54) is 0 Å². The van der Waals surface area contributed by atoms with Crippen LogP contribution in [0.5, 0.6) is 5.75 Å². The van der Waals surface area contributed by atoms with E-state index in [9.17, 15) is 4.79 Å². The molecule has 0 saturated carbocycles. The van der Waals surface area contributed by atoms with Gasteiger partial charge >= 0.3 is 0 Å². The molecule has 2 heterocycles. The third-order valence-corrected chi connectivity index (χ3v) is 5.28. The first-order valence-corrected chi connectivity index (χ1v) is 10.7. The highest BCUT2D eigenvalue weighted by molar-refractivity contribution is 8.00. The van der Waals surface area contributed by atoms with Gasteiger partial charge in [-0.3, -0.25) is 4.40 Å². The van der Waals surface area contributed by atoms with Gasteiger partial charge < -0.3 is 20.0 Å². The lowest BCUT2D eigenvalue weighted by Crippen LogP contribution is -2.07. The van der Waals surface area contributed by atoms with Crippen LogP contribution < -0.4 is 10.1 Å². The Morgan fingerprint density at radius 3 is 2.63 bits per heavy atom. The summed E-state index contributed by atoms with van der Waals surface area (Å²) >= 11 is 1.80. The number of nitrogens with zero attached hydrogens (tertiary/aromatic N) is 2. The summed E-state index contributed by atoms with van der Waals surface area (Å²) in [5, 5.41) is 11.2. The van der Waals surface area contributed by atoms with Crippen LogP contribution in [0.15, 0.2) is 47.6 Å². The molecule has 7 heteroatoms. The zero-order valence-electron chi connectivity index (χ0n) is 18.3. The Labute approximate surface area is 182 Å². The molecule has 0 aliphatic carbocycles. The Morgan fingerprint density at radius 2 is 2.07 bits per heavy atom. The zero-order valence-corrected chi connectivity index (χ0v) is 19.1. The van der Waals surface area contributed by atoms with Crippen LogP contribution in [0.1, 0.15) is 33.6 Å². The fraction of sp³-hybridized carbons (Fsp3) is 0.391. The molecule has 2 aromatic heterocycles. The van der Waals surface area contributed by atoms with Gasteiger partial charge in [-0.15, -0.1) is 11.8 Å². The second kappa shape index (κ2) is 11.0. The van der Waals surface area contributed by atoms with E-state index in [-0.39, 0.29) is 11.4 Å². The number of anilines is 1. The van der Waals surface area contributed by atoms with Gasteiger partial charge in [0.1, 0.15) is 17.7 Å². The van der Waals surface area contributed by atoms with Crippen molar-refractivity contribution in [1.82, 2.24) is 9.38 Å². The van der Waals surface area contributed by atoms with Gasteiger partial charge in [0.25, 0.3) is 0 Å². The van der Waals surface area contributed by atoms with Crippen molar-refractivity contribution in [3.63, 3.8) is 0 Å². The molecule has 0 spiro atoms. The van der Waals surface area contributed by atoms with Crippen LogP contribution in [0.4, 0.5) is 5.69 Å². The maximum Gasteiger partial charge on any atom is 0.140 e. The largest absolute Gasteiger partial charge is 0.495 e. The molecule has 0 bridgehead atoms. The third kappa shape index (κ3) is 6.50. The molecule has 0 unspecified atom stereocenters. The lowest BCUT2D eigenvalue weighted by Gasteiger charge is -2.19. The molecule has 1 aromatic carbocycles. The first-order chi connectivity index (χ1) is 14.3. The van der Waals surface area contributed by atoms with Crippen LogP contribution in [0, 0.1) is 0 Å². The van der Waals surface area contributed by atoms with Gasteiger partial charge in [0, 0.05) is 48.3 Å². The number of hydrogen-bond acceptors (Lipinski definition) is 6. The molecule has 3 rings (SSSR count). The number of thioether (sulfide) groups is 1. The number of imidazole rings is 1. The Morgan fingerprint density at radius 1 is 1.30 bits per heavy atom. The average Bonchev–Trinajstić information content (AvgIpc) is 3.13. The standard InChI is InChI=1S/C19H23N3OS.C4H8O2/c1-19(2,3)24-17-12-22-15(11-21-18(22)10-16(17)23-5)13-7-6-8-14(9-13)20-4;5-3-1-2-4-6/h6-12,20H,1-5H3;3,6H,1-2,4H2. The van der Waals surface area contributed by atoms with Crippen LogP contribution in [-0.2, 0) is 4.79 Å². The number of aldehydes is 1. The minimum absolute atomic E-state index is 0.105. The SMILES string of the molecule is CNc1cccc(-c2cnc3cc(OC)c(SC(C)(C)C)cn23)c1.O=CCCCO. The molecule has 30 heavy (non-hydrogen) atoms. The van der Waals surface area contributed by atoms with Crippen LogP contribution in [0.3, 0.4) is 0 Å². The number of carbonyl (C=O) groups is 1. The first kappa shape index (κ1) is 23.8. The molecule has 3 aromatic rings. The molecule has 162 valence electrons. The Kier molecular flexibility index (Phi) is 8.74. The summed E-state index contributed by atoms with van der Waals surface area (Å²) in [6, 6.07) is 10.3. The Bertz CT molecular complexity index is 964. The number of aliphatic hydroxyl groups is 1. The van der Waals surface area contributed by atoms with Crippen molar-refractivity contribution in [2.24, 2.45) is 0 Å². The van der Waals surface area contributed by atoms with E-state index < -0.39 is 0 Å². The van der Waals surface area contributed by atoms with E-state index in [0.717, 1.165) is 39.5 Å². The van der Waals surface area contributed by atoms with Crippen molar-refractivity contribution < 1.29 is 14.6 Å². The van der Waals surface area contributed by atoms with Crippen molar-refractivity contribution in [3.8, 4) is 17.0 Å². The Balaban J connectivity index is 0.000000469. The smallest absolute Gasteiger partial charge is 0.140 e. The van der Waals surface area contributed by atoms with Gasteiger partial charge in [0.15, 0.2) is 0 Å². The number of benzene rings is 1. The minimum atomic E-state index is 0.105. The first-order valence-electron chi connectivity index (χ1n) is 9.89. The van der Waals surface area contributed by atoms with Crippen LogP contribution >= 0.6 is 11.8 Å². The lowest BCUT2D eigenvalue weighted by molar-refractivity contribution is -0.108. The van der Waals surface area contributed by atoms with E-state index in [4.69, 9.17) is 9.84 Å². The van der Waals surface area contributed by atoms with Crippen molar-refractivity contribution >= 4 is 29.4 Å². The minimum Gasteiger partial charge on any atom is -0.495 e. The summed E-state index contributed by atoms with van der Waals surface area (Å²) in [6.45, 7) is 6.73. The zero-order chi connectivity index (χ0) is 22.1. The van der Waals surface area contributed by atoms with Crippen molar-refractivity contribution in [3.05, 3.63) is 42.7 Å². The summed E-state index contributed by atoms with van der Waals surface area (Å²) in [6.07, 6.45) is 5.92. The third-order valence-electron chi connectivity index (χ3n) is 4.14. The molecule has 6 nitrogen and oxygen atoms in total. The second-order valence-electron chi connectivity index (χ2n) is 7.66. The van der Waals surface area contributed by atoms with E-state index in [0.29, 0.717) is 12.8 Å². The predicted molar refractivity (Wildman–Crippen MR) is 125 cm³/mol. The molecule has 0 aliphatic heterocycles. The number of ether oxygens (including phenoxy) is 1. The molecular formula is C23H31N3O3S. The molecular weight excluding hydrogens is 398 g/mol. The summed E-state index contributed by atoms with van der Waals surface area (Å²) in [5.74, 6) is 0.864. The summed E-state index contributed by atoms with van der Waals surface area (Å²) in [4.78, 5) is 15.1. The highest BCUT2D eigenvalue weighted by Gasteiger charge is 2.18. The summed E-state index contributed by atoms with van der Waals surface area (Å²) in [7, 11) is 3.63. The highest BCUT2D eigenvalue weighted by Crippen LogP contribution is 2.39. The monoisotopic (exact) mass is 429 g/mol. The summed E-state index contributed by atoms with van der Waals surface area (Å²) in [5.41, 5.74) is 4.17. The van der Waals surface area contributed by atoms with Crippen molar-refractivity contribution in [1.29, 1.82) is 0 Å². The lowest BCUT2D eigenvalue weighted by atomic mass is 10.1. The Hall–Kier alpha value is -2.51. The second-order valence-corrected chi connectivity index (χ2v) is 9.52. The van der Waals surface area contributed by atoms with E-state index in [2.05, 4.69) is 65.9 Å². The van der Waals surface area contributed by atoms with E-state index >= 15 is 0 Å². The fourth-order valence-corrected chi connectivity index (χ4v) is 3.84. The average molecular weight is 430 g/mol. The number of aromatic nitrogens is 2. The number of carbonyl (C=O) groups excluding carboxylic acids is 1. The van der Waals surface area contributed by atoms with E-state index in [1.807, 2.05) is 19.3 Å². The number of rotatable bonds is 7. The molecule has 0 saturated heterocycles. The van der Waals surface area contributed by atoms with Crippen molar-refractivity contribution in [2.75, 3.05) is 26.1 Å². The van der Waals surface area contributed by atoms with Crippen LogP contribution in [-0.4, -0.2) is 46.3 Å². The molecule has 0 radical (unpaired) electrons. The van der Waals surface area contributed by atoms with Gasteiger partial charge in [-0.25, -0.2) is 4.98 Å². The van der Waals surface area contributed by atoms with Crippen molar-refractivity contribution in [2.45, 2.75) is 43.3 Å². The quantitative estimate of drug-likeness (QED) is 0.316. The highest BCUT2D eigenvalue weighted by atomic mass is 32.2. The van der Waals surface area contributed by atoms with Gasteiger partial charge in [-0.2, -0.15) is 0 Å². The van der Waals surface area contributed by atoms with E-state index in [1.54, 1.807) is 18.9 Å². The molecule has 0 fully saturated rings. The molecule has 0 aliphatic rings. The number of methoxy groups -OCH3 is 1. The molecule has 2 N–H and O–H groups in total. The maximum atomic E-state index is 9.45. The number of fused-ring (bicyclic) bond motifs is 1. The molecule has 0 amide bonds. The normalized spacial score (nSPS) is 11.0. The predicted octanol–water partition coefficient (Wildman–Crippen LogP) is 4.90. The van der Waals surface area contributed by atoms with Gasteiger partial charge in [-0.05, 0) is 18.6 Å². The number of hydrogen-bond donors (Lipinski definition) is 2. The van der Waals surface area contributed by atoms with Crippen LogP contribution in [0.2, 0.25) is 0 Å². The molecule has 0 atom stereocenters. The fourth-order valence-electron chi connectivity index (χ4n) is 2.78. The van der Waals surface area contributed by atoms with Crippen LogP contribution in [0.25, 0.3) is 16.9 Å². The maximum absolute atomic E-state index is 9.45. The number of pyridine rings is 1. The topological polar surface area (TPSA) is 75.9 Å². The number of nitrogens with one attached hydrogen (secondary N) is 1. The van der Waals surface area contributed by atoms with Gasteiger partial charge in [-0.1, -0.05) is 32.9 Å². The van der Waals surface area contributed by atoms with Gasteiger partial charge in [0.05, 0.1) is 23.9 Å².